The molecule has 28 heavy (non-hydrogen) atoms. The number of nitrogens with zero attached hydrogens (tertiary/aromatic N) is 2. The van der Waals surface area contributed by atoms with Crippen LogP contribution in [-0.4, -0.2) is 44.1 Å². The number of aromatic nitrogens is 1. The van der Waals surface area contributed by atoms with E-state index in [1.165, 1.54) is 4.90 Å². The van der Waals surface area contributed by atoms with E-state index in [1.54, 1.807) is 6.92 Å². The molecule has 1 amide bonds. The highest BCUT2D eigenvalue weighted by molar-refractivity contribution is 6.09. The van der Waals surface area contributed by atoms with Crippen LogP contribution in [0.25, 0.3) is 27.2 Å². The molecule has 5 rings (SSSR count). The van der Waals surface area contributed by atoms with Gasteiger partial charge in [0.15, 0.2) is 0 Å². The maximum atomic E-state index is 12.4. The minimum absolute atomic E-state index is 0.0273. The molecule has 0 spiro atoms. The van der Waals surface area contributed by atoms with E-state index in [4.69, 9.17) is 0 Å². The zero-order valence-corrected chi connectivity index (χ0v) is 15.2. The number of pyridine rings is 1. The van der Waals surface area contributed by atoms with Gasteiger partial charge >= 0.3 is 5.97 Å². The van der Waals surface area contributed by atoms with E-state index >= 15 is 0 Å². The number of benzene rings is 2. The summed E-state index contributed by atoms with van der Waals surface area (Å²) in [6.45, 7) is 1.58. The van der Waals surface area contributed by atoms with E-state index in [0.29, 0.717) is 12.0 Å². The highest BCUT2D eigenvalue weighted by Gasteiger charge is 2.56. The molecule has 1 fully saturated rings. The molecule has 0 aliphatic carbocycles. The van der Waals surface area contributed by atoms with Crippen LogP contribution in [0.5, 0.6) is 0 Å². The highest BCUT2D eigenvalue weighted by Crippen LogP contribution is 2.47. The first-order valence-electron chi connectivity index (χ1n) is 9.23. The van der Waals surface area contributed by atoms with Gasteiger partial charge in [-0.25, -0.2) is 4.79 Å². The summed E-state index contributed by atoms with van der Waals surface area (Å²) in [7, 11) is 0. The zero-order chi connectivity index (χ0) is 19.6. The highest BCUT2D eigenvalue weighted by atomic mass is 16.4. The van der Waals surface area contributed by atoms with E-state index in [1.807, 2.05) is 48.7 Å². The fourth-order valence-electron chi connectivity index (χ4n) is 4.57. The number of rotatable bonds is 3. The van der Waals surface area contributed by atoms with Crippen molar-refractivity contribution in [1.29, 1.82) is 0 Å². The van der Waals surface area contributed by atoms with Gasteiger partial charge in [-0.2, -0.15) is 0 Å². The number of amides is 1. The van der Waals surface area contributed by atoms with Crippen LogP contribution in [0.1, 0.15) is 18.9 Å². The van der Waals surface area contributed by atoms with Crippen LogP contribution in [0.15, 0.2) is 54.4 Å². The summed E-state index contributed by atoms with van der Waals surface area (Å²) in [5.41, 5.74) is 2.26. The number of carbonyl (C=O) groups excluding carboxylic acids is 1. The van der Waals surface area contributed by atoms with Crippen LogP contribution < -0.4 is 0 Å². The smallest absolute Gasteiger partial charge is 0.352 e. The number of carboxylic acids is 1. The number of hydrogen-bond acceptors (Lipinski definition) is 4. The Balaban J connectivity index is 1.68. The molecule has 3 aromatic rings. The van der Waals surface area contributed by atoms with Crippen molar-refractivity contribution in [2.24, 2.45) is 5.92 Å². The van der Waals surface area contributed by atoms with Crippen molar-refractivity contribution in [2.75, 3.05) is 0 Å². The fraction of sp³-hybridized carbons (Fsp3) is 0.227. The predicted octanol–water partition coefficient (Wildman–Crippen LogP) is 2.80. The van der Waals surface area contributed by atoms with Crippen molar-refractivity contribution in [3.8, 4) is 0 Å². The van der Waals surface area contributed by atoms with Crippen LogP contribution in [0.2, 0.25) is 0 Å². The van der Waals surface area contributed by atoms with E-state index in [2.05, 4.69) is 4.98 Å². The summed E-state index contributed by atoms with van der Waals surface area (Å²) >= 11 is 0. The second-order valence-electron chi connectivity index (χ2n) is 7.46. The summed E-state index contributed by atoms with van der Waals surface area (Å²) in [6, 6.07) is 13.3. The number of β-lactam (4-membered cyclic amide) rings is 1. The normalized spacial score (nSPS) is 22.5. The predicted molar refractivity (Wildman–Crippen MR) is 104 cm³/mol. The number of aliphatic carboxylic acids is 1. The molecule has 2 aromatic carbocycles. The molecule has 1 saturated heterocycles. The lowest BCUT2D eigenvalue weighted by molar-refractivity contribution is -0.161. The molecule has 3 unspecified atom stereocenters. The molecule has 2 N–H and O–H groups in total. The molecule has 0 bridgehead atoms. The third-order valence-corrected chi connectivity index (χ3v) is 5.87. The molecule has 3 heterocycles. The van der Waals surface area contributed by atoms with Crippen LogP contribution in [0.4, 0.5) is 0 Å². The molecular weight excluding hydrogens is 356 g/mol. The SMILES string of the molecule is CC(O)C1C(=O)N2C(C(=O)O)=C(c3ccc4ncc5ccccc5c4c3)CC12. The molecule has 0 saturated carbocycles. The van der Waals surface area contributed by atoms with Gasteiger partial charge in [-0.1, -0.05) is 30.3 Å². The number of carbonyl (C=O) groups is 2. The average Bonchev–Trinajstić information content (AvgIpc) is 3.02. The Hall–Kier alpha value is -3.25. The van der Waals surface area contributed by atoms with E-state index in [9.17, 15) is 19.8 Å². The maximum Gasteiger partial charge on any atom is 0.352 e. The van der Waals surface area contributed by atoms with E-state index in [-0.39, 0.29) is 17.6 Å². The van der Waals surface area contributed by atoms with Gasteiger partial charge in [-0.05, 0) is 42.0 Å². The fourth-order valence-corrected chi connectivity index (χ4v) is 4.57. The number of hydrogen-bond donors (Lipinski definition) is 2. The lowest BCUT2D eigenvalue weighted by Crippen LogP contribution is -2.61. The average molecular weight is 374 g/mol. The Kier molecular flexibility index (Phi) is 3.54. The lowest BCUT2D eigenvalue weighted by Gasteiger charge is -2.44. The topological polar surface area (TPSA) is 90.7 Å². The molecule has 3 atom stereocenters. The molecule has 6 heteroatoms. The Bertz CT molecular complexity index is 1200. The standard InChI is InChI=1S/C22H18N2O4/c1-11(25)19-18-9-15(20(22(27)28)24(18)21(19)26)12-6-7-17-16(8-12)14-5-3-2-4-13(14)10-23-17/h2-8,10-11,18-19,25H,9H2,1H3,(H,27,28). The van der Waals surface area contributed by atoms with Gasteiger partial charge in [0.05, 0.1) is 23.6 Å². The summed E-state index contributed by atoms with van der Waals surface area (Å²) in [4.78, 5) is 30.2. The number of fused-ring (bicyclic) bond motifs is 4. The molecule has 2 aliphatic heterocycles. The van der Waals surface area contributed by atoms with Gasteiger partial charge < -0.3 is 15.1 Å². The van der Waals surface area contributed by atoms with Crippen molar-refractivity contribution in [2.45, 2.75) is 25.5 Å². The first-order chi connectivity index (χ1) is 13.5. The van der Waals surface area contributed by atoms with Gasteiger partial charge in [0.25, 0.3) is 0 Å². The summed E-state index contributed by atoms with van der Waals surface area (Å²) in [5.74, 6) is -1.99. The second-order valence-corrected chi connectivity index (χ2v) is 7.46. The monoisotopic (exact) mass is 374 g/mol. The van der Waals surface area contributed by atoms with Crippen molar-refractivity contribution < 1.29 is 19.8 Å². The second kappa shape index (κ2) is 5.87. The molecule has 6 nitrogen and oxygen atoms in total. The van der Waals surface area contributed by atoms with Gasteiger partial charge in [0.2, 0.25) is 5.91 Å². The van der Waals surface area contributed by atoms with Gasteiger partial charge in [0.1, 0.15) is 5.70 Å². The lowest BCUT2D eigenvalue weighted by atomic mass is 9.82. The minimum atomic E-state index is -1.12. The Morgan fingerprint density at radius 1 is 1.21 bits per heavy atom. The molecule has 0 radical (unpaired) electrons. The van der Waals surface area contributed by atoms with Crippen molar-refractivity contribution in [3.63, 3.8) is 0 Å². The molecule has 2 aliphatic rings. The maximum absolute atomic E-state index is 12.4. The van der Waals surface area contributed by atoms with Crippen LogP contribution >= 0.6 is 0 Å². The van der Waals surface area contributed by atoms with E-state index in [0.717, 1.165) is 27.2 Å². The van der Waals surface area contributed by atoms with Crippen molar-refractivity contribution in [1.82, 2.24) is 9.88 Å². The first-order valence-corrected chi connectivity index (χ1v) is 9.23. The third-order valence-electron chi connectivity index (χ3n) is 5.87. The van der Waals surface area contributed by atoms with Crippen LogP contribution in [0, 0.1) is 5.92 Å². The van der Waals surface area contributed by atoms with E-state index < -0.39 is 18.0 Å². The van der Waals surface area contributed by atoms with Crippen LogP contribution in [-0.2, 0) is 9.59 Å². The van der Waals surface area contributed by atoms with Crippen molar-refractivity contribution in [3.05, 3.63) is 59.9 Å². The largest absolute Gasteiger partial charge is 0.477 e. The summed E-state index contributed by atoms with van der Waals surface area (Å²) < 4.78 is 0. The Morgan fingerprint density at radius 2 is 2.00 bits per heavy atom. The number of aliphatic hydroxyl groups excluding tert-OH is 1. The van der Waals surface area contributed by atoms with Gasteiger partial charge in [-0.15, -0.1) is 0 Å². The van der Waals surface area contributed by atoms with Gasteiger partial charge in [-0.3, -0.25) is 9.78 Å². The number of aliphatic hydroxyl groups is 1. The number of carboxylic acid groups (broad SMARTS) is 1. The molecule has 1 aromatic heterocycles. The van der Waals surface area contributed by atoms with Crippen molar-refractivity contribution >= 4 is 39.1 Å². The summed E-state index contributed by atoms with van der Waals surface area (Å²) in [5, 5.41) is 22.7. The molecule has 140 valence electrons. The van der Waals surface area contributed by atoms with Crippen LogP contribution in [0.3, 0.4) is 0 Å². The zero-order valence-electron chi connectivity index (χ0n) is 15.2. The van der Waals surface area contributed by atoms with Gasteiger partial charge in [0, 0.05) is 17.0 Å². The summed E-state index contributed by atoms with van der Waals surface area (Å²) in [6.07, 6.45) is 1.45. The first kappa shape index (κ1) is 16.9. The molecular formula is C22H18N2O4. The minimum Gasteiger partial charge on any atom is -0.477 e. The quantitative estimate of drug-likeness (QED) is 0.543. The Labute approximate surface area is 160 Å². The Morgan fingerprint density at radius 3 is 2.75 bits per heavy atom. The third kappa shape index (κ3) is 2.21.